The Kier molecular flexibility index (Phi) is 3.90. The molecule has 0 heterocycles. The van der Waals surface area contributed by atoms with Gasteiger partial charge in [-0.3, -0.25) is 0 Å². The minimum Gasteiger partial charge on any atom is -0.397 e. The van der Waals surface area contributed by atoms with Crippen LogP contribution in [0.3, 0.4) is 0 Å². The molecule has 18 heavy (non-hydrogen) atoms. The maximum Gasteiger partial charge on any atom is 0.215 e. The molecule has 2 rings (SSSR count). The predicted octanol–water partition coefficient (Wildman–Crippen LogP) is 3.75. The van der Waals surface area contributed by atoms with Crippen molar-refractivity contribution in [1.29, 1.82) is 0 Å². The van der Waals surface area contributed by atoms with Crippen molar-refractivity contribution in [2.24, 2.45) is 0 Å². The first-order valence-electron chi connectivity index (χ1n) is 5.24. The smallest absolute Gasteiger partial charge is 0.215 e. The third-order valence-corrected chi connectivity index (χ3v) is 4.62. The van der Waals surface area contributed by atoms with E-state index >= 15 is 0 Å². The molecular weight excluding hydrogens is 288 g/mol. The average Bonchev–Trinajstić information content (AvgIpc) is 2.32. The van der Waals surface area contributed by atoms with Crippen molar-refractivity contribution in [3.8, 4) is 5.75 Å². The lowest BCUT2D eigenvalue weighted by Crippen LogP contribution is -2.08. The lowest BCUT2D eigenvalue weighted by molar-refractivity contribution is 0.559. The van der Waals surface area contributed by atoms with E-state index in [1.165, 1.54) is 0 Å². The number of aryl methyl sites for hydroxylation is 1. The van der Waals surface area contributed by atoms with Crippen molar-refractivity contribution >= 4 is 31.6 Å². The third kappa shape index (κ3) is 3.22. The zero-order valence-corrected chi connectivity index (χ0v) is 12.0. The van der Waals surface area contributed by atoms with Gasteiger partial charge in [0.05, 0.1) is 4.90 Å². The van der Waals surface area contributed by atoms with Gasteiger partial charge in [-0.25, -0.2) is 4.21 Å². The van der Waals surface area contributed by atoms with Gasteiger partial charge >= 0.3 is 0 Å². The summed E-state index contributed by atoms with van der Waals surface area (Å²) in [6.45, 7) is 1.95. The highest BCUT2D eigenvalue weighted by Gasteiger charge is 2.11. The monoisotopic (exact) mass is 298 g/mol. The number of hydrogen-bond donors (Lipinski definition) is 0. The molecule has 2 aromatic carbocycles. The van der Waals surface area contributed by atoms with Gasteiger partial charge in [0.15, 0.2) is 0 Å². The zero-order chi connectivity index (χ0) is 13.2. The van der Waals surface area contributed by atoms with Crippen LogP contribution in [-0.4, -0.2) is 4.21 Å². The summed E-state index contributed by atoms with van der Waals surface area (Å²) < 4.78 is 17.7. The summed E-state index contributed by atoms with van der Waals surface area (Å²) in [5.74, 6) is 0.444. The van der Waals surface area contributed by atoms with Crippen LogP contribution in [0.25, 0.3) is 0 Å². The van der Waals surface area contributed by atoms with Crippen LogP contribution in [-0.2, 0) is 20.0 Å². The summed E-state index contributed by atoms with van der Waals surface area (Å²) in [5, 5.41) is 0.591. The molecule has 1 unspecified atom stereocenters. The molecule has 0 aliphatic carbocycles. The first kappa shape index (κ1) is 13.3. The molecule has 0 fully saturated rings. The highest BCUT2D eigenvalue weighted by Crippen LogP contribution is 2.21. The molecule has 0 radical (unpaired) electrons. The molecule has 0 saturated carbocycles. The Morgan fingerprint density at radius 2 is 1.61 bits per heavy atom. The van der Waals surface area contributed by atoms with Crippen LogP contribution in [0.15, 0.2) is 53.4 Å². The van der Waals surface area contributed by atoms with E-state index in [9.17, 15) is 4.21 Å². The topological polar surface area (TPSA) is 26.3 Å². The fraction of sp³-hybridized carbons (Fsp3) is 0.0769. The molecule has 0 saturated heterocycles. The molecule has 0 amide bonds. The first-order valence-corrected chi connectivity index (χ1v) is 8.03. The molecule has 0 spiro atoms. The van der Waals surface area contributed by atoms with Crippen LogP contribution in [0, 0.1) is 6.92 Å². The SMILES string of the molecule is Cc1ccc(S(=O)(=S)Oc2ccc(Cl)cc2)cc1. The van der Waals surface area contributed by atoms with Gasteiger partial charge in [-0.2, -0.15) is 0 Å². The summed E-state index contributed by atoms with van der Waals surface area (Å²) in [7, 11) is -2.95. The largest absolute Gasteiger partial charge is 0.397 e. The van der Waals surface area contributed by atoms with Crippen molar-refractivity contribution in [2.75, 3.05) is 0 Å². The highest BCUT2D eigenvalue weighted by atomic mass is 35.5. The van der Waals surface area contributed by atoms with Gasteiger partial charge in [-0.05, 0) is 43.3 Å². The summed E-state index contributed by atoms with van der Waals surface area (Å²) in [6.07, 6.45) is 0. The fourth-order valence-electron chi connectivity index (χ4n) is 1.37. The van der Waals surface area contributed by atoms with Crippen LogP contribution in [0.5, 0.6) is 5.75 Å². The summed E-state index contributed by atoms with van der Waals surface area (Å²) in [5.41, 5.74) is 1.08. The molecule has 94 valence electrons. The van der Waals surface area contributed by atoms with Gasteiger partial charge in [0, 0.05) is 16.2 Å². The van der Waals surface area contributed by atoms with Gasteiger partial charge in [0.1, 0.15) is 5.75 Å². The Balaban J connectivity index is 2.27. The predicted molar refractivity (Wildman–Crippen MR) is 77.0 cm³/mol. The molecule has 2 aromatic rings. The zero-order valence-electron chi connectivity index (χ0n) is 9.63. The van der Waals surface area contributed by atoms with E-state index in [0.717, 1.165) is 5.56 Å². The van der Waals surface area contributed by atoms with Crippen molar-refractivity contribution in [1.82, 2.24) is 0 Å². The molecule has 0 aromatic heterocycles. The molecular formula is C13H11ClO2S2. The Labute approximate surface area is 116 Å². The fourth-order valence-corrected chi connectivity index (χ4v) is 3.00. The van der Waals surface area contributed by atoms with Gasteiger partial charge in [0.25, 0.3) is 0 Å². The van der Waals surface area contributed by atoms with Crippen LogP contribution in [0.2, 0.25) is 5.02 Å². The van der Waals surface area contributed by atoms with Gasteiger partial charge in [0.2, 0.25) is 8.77 Å². The average molecular weight is 299 g/mol. The first-order chi connectivity index (χ1) is 8.47. The second kappa shape index (κ2) is 5.26. The van der Waals surface area contributed by atoms with E-state index in [2.05, 4.69) is 0 Å². The van der Waals surface area contributed by atoms with Gasteiger partial charge in [-0.15, -0.1) is 0 Å². The van der Waals surface area contributed by atoms with Gasteiger partial charge < -0.3 is 4.18 Å². The highest BCUT2D eigenvalue weighted by molar-refractivity contribution is 8.30. The lowest BCUT2D eigenvalue weighted by Gasteiger charge is -2.10. The van der Waals surface area contributed by atoms with E-state index < -0.39 is 8.77 Å². The Morgan fingerprint density at radius 3 is 2.17 bits per heavy atom. The van der Waals surface area contributed by atoms with E-state index in [0.29, 0.717) is 15.7 Å². The maximum absolute atomic E-state index is 12.3. The second-order valence-electron chi connectivity index (χ2n) is 3.80. The number of rotatable bonds is 3. The minimum absolute atomic E-state index is 0.444. The van der Waals surface area contributed by atoms with Crippen LogP contribution in [0.1, 0.15) is 5.56 Å². The van der Waals surface area contributed by atoms with E-state index in [4.69, 9.17) is 27.0 Å². The van der Waals surface area contributed by atoms with Crippen molar-refractivity contribution in [3.63, 3.8) is 0 Å². The normalized spacial score (nSPS) is 13.9. The molecule has 0 aliphatic heterocycles. The van der Waals surface area contributed by atoms with Crippen LogP contribution >= 0.6 is 11.6 Å². The summed E-state index contributed by atoms with van der Waals surface area (Å²) in [6, 6.07) is 13.8. The van der Waals surface area contributed by atoms with Crippen molar-refractivity contribution in [3.05, 3.63) is 59.1 Å². The van der Waals surface area contributed by atoms with E-state index in [1.807, 2.05) is 19.1 Å². The van der Waals surface area contributed by atoms with Crippen molar-refractivity contribution < 1.29 is 8.39 Å². The number of hydrogen-bond acceptors (Lipinski definition) is 3. The molecule has 2 nitrogen and oxygen atoms in total. The third-order valence-electron chi connectivity index (χ3n) is 2.33. The Hall–Kier alpha value is -1.10. The van der Waals surface area contributed by atoms with Crippen LogP contribution in [0.4, 0.5) is 0 Å². The standard InChI is InChI=1S/C13H11ClO2S2/c1-10-2-8-13(9-3-10)18(15,17)16-12-6-4-11(14)5-7-12/h2-9H,1H3. The number of halogens is 1. The van der Waals surface area contributed by atoms with Crippen molar-refractivity contribution in [2.45, 2.75) is 11.8 Å². The molecule has 5 heteroatoms. The van der Waals surface area contributed by atoms with Crippen LogP contribution < -0.4 is 4.18 Å². The minimum atomic E-state index is -2.95. The quantitative estimate of drug-likeness (QED) is 0.863. The molecule has 0 aliphatic rings. The summed E-state index contributed by atoms with van der Waals surface area (Å²) in [4.78, 5) is 0.498. The second-order valence-corrected chi connectivity index (χ2v) is 7.10. The molecule has 1 atom stereocenters. The number of benzene rings is 2. The van der Waals surface area contributed by atoms with Gasteiger partial charge in [-0.1, -0.05) is 29.3 Å². The van der Waals surface area contributed by atoms with E-state index in [1.54, 1.807) is 36.4 Å². The molecule has 0 N–H and O–H groups in total. The maximum atomic E-state index is 12.3. The summed E-state index contributed by atoms with van der Waals surface area (Å²) >= 11 is 10.8. The Bertz CT molecular complexity index is 632. The molecule has 0 bridgehead atoms. The lowest BCUT2D eigenvalue weighted by atomic mass is 10.2. The Morgan fingerprint density at radius 1 is 1.06 bits per heavy atom. The van der Waals surface area contributed by atoms with E-state index in [-0.39, 0.29) is 0 Å².